The predicted octanol–water partition coefficient (Wildman–Crippen LogP) is 4.04. The highest BCUT2D eigenvalue weighted by Gasteiger charge is 2.16. The molecular formula is C16H14. The minimum absolute atomic E-state index is 0.554. The van der Waals surface area contributed by atoms with Gasteiger partial charge in [-0.2, -0.15) is 0 Å². The Morgan fingerprint density at radius 2 is 1.56 bits per heavy atom. The molecule has 0 amide bonds. The van der Waals surface area contributed by atoms with Crippen molar-refractivity contribution in [2.24, 2.45) is 0 Å². The van der Waals surface area contributed by atoms with Crippen LogP contribution in [0.3, 0.4) is 0 Å². The van der Waals surface area contributed by atoms with Gasteiger partial charge in [0.1, 0.15) is 0 Å². The lowest BCUT2D eigenvalue weighted by molar-refractivity contribution is 0.850. The van der Waals surface area contributed by atoms with E-state index in [1.165, 1.54) is 16.7 Å². The van der Waals surface area contributed by atoms with Gasteiger partial charge in [0.2, 0.25) is 0 Å². The van der Waals surface area contributed by atoms with E-state index < -0.39 is 0 Å². The van der Waals surface area contributed by atoms with Gasteiger partial charge in [-0.3, -0.25) is 0 Å². The molecule has 1 atom stereocenters. The second-order valence-electron chi connectivity index (χ2n) is 4.28. The van der Waals surface area contributed by atoms with Crippen molar-refractivity contribution in [2.45, 2.75) is 12.3 Å². The molecule has 2 aromatic carbocycles. The van der Waals surface area contributed by atoms with E-state index in [0.717, 1.165) is 6.42 Å². The van der Waals surface area contributed by atoms with E-state index in [2.05, 4.69) is 66.7 Å². The molecule has 0 saturated carbocycles. The summed E-state index contributed by atoms with van der Waals surface area (Å²) < 4.78 is 0. The third-order valence-electron chi connectivity index (χ3n) is 3.20. The number of rotatable bonds is 2. The first-order valence-electron chi connectivity index (χ1n) is 5.74. The van der Waals surface area contributed by atoms with E-state index in [1.54, 1.807) is 0 Å². The molecule has 1 aliphatic carbocycles. The molecule has 78 valence electrons. The summed E-state index contributed by atoms with van der Waals surface area (Å²) in [5.41, 5.74) is 4.25. The lowest BCUT2D eigenvalue weighted by atomic mass is 9.94. The van der Waals surface area contributed by atoms with Gasteiger partial charge in [0.25, 0.3) is 0 Å². The van der Waals surface area contributed by atoms with Crippen molar-refractivity contribution in [2.75, 3.05) is 0 Å². The highest BCUT2D eigenvalue weighted by molar-refractivity contribution is 5.62. The molecule has 0 aromatic heterocycles. The van der Waals surface area contributed by atoms with Gasteiger partial charge >= 0.3 is 0 Å². The fourth-order valence-electron chi connectivity index (χ4n) is 2.37. The van der Waals surface area contributed by atoms with Crippen LogP contribution < -0.4 is 0 Å². The van der Waals surface area contributed by atoms with Crippen LogP contribution in [0.4, 0.5) is 0 Å². The monoisotopic (exact) mass is 206 g/mol. The van der Waals surface area contributed by atoms with Gasteiger partial charge in [-0.25, -0.2) is 0 Å². The molecule has 0 radical (unpaired) electrons. The van der Waals surface area contributed by atoms with Crippen LogP contribution in [0.5, 0.6) is 0 Å². The maximum atomic E-state index is 2.32. The lowest BCUT2D eigenvalue weighted by Gasteiger charge is -2.10. The Labute approximate surface area is 96.3 Å². The van der Waals surface area contributed by atoms with Crippen molar-refractivity contribution in [1.82, 2.24) is 0 Å². The molecule has 0 nitrogen and oxygen atoms in total. The van der Waals surface area contributed by atoms with Crippen LogP contribution in [-0.2, 0) is 6.42 Å². The predicted molar refractivity (Wildman–Crippen MR) is 68.4 cm³/mol. The van der Waals surface area contributed by atoms with E-state index >= 15 is 0 Å². The first-order valence-corrected chi connectivity index (χ1v) is 5.74. The highest BCUT2D eigenvalue weighted by Crippen LogP contribution is 2.32. The molecular weight excluding hydrogens is 192 g/mol. The van der Waals surface area contributed by atoms with Gasteiger partial charge in [0, 0.05) is 5.92 Å². The van der Waals surface area contributed by atoms with Crippen LogP contribution in [0.25, 0.3) is 6.08 Å². The maximum Gasteiger partial charge on any atom is 0.00676 e. The maximum absolute atomic E-state index is 2.32. The van der Waals surface area contributed by atoms with E-state index in [-0.39, 0.29) is 0 Å². The van der Waals surface area contributed by atoms with Gasteiger partial charge in [-0.05, 0) is 23.1 Å². The lowest BCUT2D eigenvalue weighted by Crippen LogP contribution is -1.97. The molecule has 16 heavy (non-hydrogen) atoms. The van der Waals surface area contributed by atoms with Gasteiger partial charge in [-0.1, -0.05) is 66.7 Å². The fourth-order valence-corrected chi connectivity index (χ4v) is 2.37. The SMILES string of the molecule is C1=C[C@H](Cc2ccccc2)c2ccccc21. The third kappa shape index (κ3) is 1.67. The minimum atomic E-state index is 0.554. The third-order valence-corrected chi connectivity index (χ3v) is 3.20. The Kier molecular flexibility index (Phi) is 2.34. The fraction of sp³-hybridized carbons (Fsp3) is 0.125. The van der Waals surface area contributed by atoms with Crippen LogP contribution in [0.2, 0.25) is 0 Å². The molecule has 0 bridgehead atoms. The normalized spacial score (nSPS) is 17.4. The number of hydrogen-bond acceptors (Lipinski definition) is 0. The molecule has 0 N–H and O–H groups in total. The smallest absolute Gasteiger partial charge is 0.00676 e. The zero-order valence-electron chi connectivity index (χ0n) is 9.14. The van der Waals surface area contributed by atoms with Gasteiger partial charge in [0.05, 0.1) is 0 Å². The summed E-state index contributed by atoms with van der Waals surface area (Å²) >= 11 is 0. The minimum Gasteiger partial charge on any atom is -0.0760 e. The Bertz CT molecular complexity index is 509. The van der Waals surface area contributed by atoms with Crippen LogP contribution in [0, 0.1) is 0 Å². The zero-order chi connectivity index (χ0) is 10.8. The highest BCUT2D eigenvalue weighted by atomic mass is 14.2. The molecule has 0 aliphatic heterocycles. The van der Waals surface area contributed by atoms with E-state index in [4.69, 9.17) is 0 Å². The standard InChI is InChI=1S/C16H14/c1-2-6-13(7-3-1)12-15-11-10-14-8-4-5-9-16(14)15/h1-11,15H,12H2/t15-/m1/s1. The molecule has 2 aromatic rings. The molecule has 3 rings (SSSR count). The summed E-state index contributed by atoms with van der Waals surface area (Å²) in [6.07, 6.45) is 5.66. The number of allylic oxidation sites excluding steroid dienone is 1. The molecule has 0 fully saturated rings. The first kappa shape index (κ1) is 9.41. The van der Waals surface area contributed by atoms with E-state index in [1.807, 2.05) is 0 Å². The summed E-state index contributed by atoms with van der Waals surface area (Å²) in [7, 11) is 0. The van der Waals surface area contributed by atoms with Crippen LogP contribution in [-0.4, -0.2) is 0 Å². The second-order valence-corrected chi connectivity index (χ2v) is 4.28. The molecule has 0 heteroatoms. The van der Waals surface area contributed by atoms with Gasteiger partial charge in [-0.15, -0.1) is 0 Å². The topological polar surface area (TPSA) is 0 Å². The Morgan fingerprint density at radius 3 is 2.44 bits per heavy atom. The summed E-state index contributed by atoms with van der Waals surface area (Å²) in [5, 5.41) is 0. The van der Waals surface area contributed by atoms with E-state index in [0.29, 0.717) is 5.92 Å². The average Bonchev–Trinajstić information content (AvgIpc) is 2.74. The van der Waals surface area contributed by atoms with Crippen LogP contribution in [0.15, 0.2) is 60.7 Å². The molecule has 0 heterocycles. The number of benzene rings is 2. The number of hydrogen-bond donors (Lipinski definition) is 0. The van der Waals surface area contributed by atoms with Crippen molar-refractivity contribution in [1.29, 1.82) is 0 Å². The van der Waals surface area contributed by atoms with Gasteiger partial charge in [0.15, 0.2) is 0 Å². The summed E-state index contributed by atoms with van der Waals surface area (Å²) in [4.78, 5) is 0. The second kappa shape index (κ2) is 3.97. The Balaban J connectivity index is 1.87. The number of fused-ring (bicyclic) bond motifs is 1. The van der Waals surface area contributed by atoms with Crippen molar-refractivity contribution in [3.63, 3.8) is 0 Å². The summed E-state index contributed by atoms with van der Waals surface area (Å²) in [6, 6.07) is 19.4. The quantitative estimate of drug-likeness (QED) is 0.695. The van der Waals surface area contributed by atoms with Crippen molar-refractivity contribution in [3.05, 3.63) is 77.4 Å². The van der Waals surface area contributed by atoms with Gasteiger partial charge < -0.3 is 0 Å². The molecule has 0 unspecified atom stereocenters. The van der Waals surface area contributed by atoms with Crippen LogP contribution in [0.1, 0.15) is 22.6 Å². The molecule has 1 aliphatic rings. The van der Waals surface area contributed by atoms with Crippen molar-refractivity contribution >= 4 is 6.08 Å². The molecule has 0 spiro atoms. The molecule has 0 saturated heterocycles. The van der Waals surface area contributed by atoms with Crippen LogP contribution >= 0.6 is 0 Å². The largest absolute Gasteiger partial charge is 0.0760 e. The Hall–Kier alpha value is -1.82. The zero-order valence-corrected chi connectivity index (χ0v) is 9.14. The first-order chi connectivity index (χ1) is 7.93. The van der Waals surface area contributed by atoms with Crippen molar-refractivity contribution in [3.8, 4) is 0 Å². The summed E-state index contributed by atoms with van der Waals surface area (Å²) in [6.45, 7) is 0. The average molecular weight is 206 g/mol. The Morgan fingerprint density at radius 1 is 0.812 bits per heavy atom. The summed E-state index contributed by atoms with van der Waals surface area (Å²) in [5.74, 6) is 0.554. The van der Waals surface area contributed by atoms with Crippen molar-refractivity contribution < 1.29 is 0 Å². The van der Waals surface area contributed by atoms with E-state index in [9.17, 15) is 0 Å².